The zero-order valence-corrected chi connectivity index (χ0v) is 9.21. The van der Waals surface area contributed by atoms with Crippen molar-refractivity contribution in [1.82, 2.24) is 9.97 Å². The van der Waals surface area contributed by atoms with Crippen LogP contribution in [0.2, 0.25) is 10.0 Å². The normalized spacial score (nSPS) is 9.75. The van der Waals surface area contributed by atoms with E-state index in [-0.39, 0.29) is 11.4 Å². The van der Waals surface area contributed by atoms with Crippen molar-refractivity contribution >= 4 is 34.2 Å². The quantitative estimate of drug-likeness (QED) is 0.719. The first-order valence-corrected chi connectivity index (χ1v) is 4.89. The van der Waals surface area contributed by atoms with Gasteiger partial charge >= 0.3 is 0 Å². The SMILES string of the molecule is N#Cc1nc2c(Cl)ccc(Cl)c2nc1C#N. The second-order valence-corrected chi connectivity index (χ2v) is 3.69. The van der Waals surface area contributed by atoms with Gasteiger partial charge in [0.25, 0.3) is 0 Å². The summed E-state index contributed by atoms with van der Waals surface area (Å²) in [4.78, 5) is 7.92. The van der Waals surface area contributed by atoms with Crippen LogP contribution in [0.4, 0.5) is 0 Å². The van der Waals surface area contributed by atoms with Crippen molar-refractivity contribution in [2.24, 2.45) is 0 Å². The van der Waals surface area contributed by atoms with Gasteiger partial charge in [0.05, 0.1) is 10.0 Å². The van der Waals surface area contributed by atoms with Gasteiger partial charge in [0.2, 0.25) is 0 Å². The average Bonchev–Trinajstić information content (AvgIpc) is 2.32. The molecule has 0 bridgehead atoms. The lowest BCUT2D eigenvalue weighted by Crippen LogP contribution is -1.96. The Kier molecular flexibility index (Phi) is 2.62. The zero-order valence-electron chi connectivity index (χ0n) is 7.70. The summed E-state index contributed by atoms with van der Waals surface area (Å²) in [6.07, 6.45) is 0. The fourth-order valence-electron chi connectivity index (χ4n) is 1.23. The summed E-state index contributed by atoms with van der Waals surface area (Å²) < 4.78 is 0. The third-order valence-electron chi connectivity index (χ3n) is 1.94. The molecule has 1 aromatic carbocycles. The van der Waals surface area contributed by atoms with Crippen molar-refractivity contribution in [3.63, 3.8) is 0 Å². The number of rotatable bonds is 0. The highest BCUT2D eigenvalue weighted by Crippen LogP contribution is 2.27. The van der Waals surface area contributed by atoms with Gasteiger partial charge in [0, 0.05) is 0 Å². The third kappa shape index (κ3) is 1.55. The minimum Gasteiger partial charge on any atom is -0.231 e. The molecule has 0 atom stereocenters. The van der Waals surface area contributed by atoms with Crippen molar-refractivity contribution in [2.45, 2.75) is 0 Å². The van der Waals surface area contributed by atoms with E-state index in [1.54, 1.807) is 24.3 Å². The van der Waals surface area contributed by atoms with Crippen LogP contribution in [0, 0.1) is 22.7 Å². The summed E-state index contributed by atoms with van der Waals surface area (Å²) in [7, 11) is 0. The first kappa shape index (κ1) is 10.6. The summed E-state index contributed by atoms with van der Waals surface area (Å²) in [5.41, 5.74) is 0.535. The Hall–Kier alpha value is -1.88. The number of benzene rings is 1. The lowest BCUT2D eigenvalue weighted by Gasteiger charge is -2.02. The van der Waals surface area contributed by atoms with E-state index in [0.717, 1.165) is 0 Å². The van der Waals surface area contributed by atoms with E-state index in [2.05, 4.69) is 9.97 Å². The maximum absolute atomic E-state index is 8.79. The summed E-state index contributed by atoms with van der Waals surface area (Å²) in [6.45, 7) is 0. The van der Waals surface area contributed by atoms with Gasteiger partial charge in [-0.05, 0) is 12.1 Å². The predicted molar refractivity (Wildman–Crippen MR) is 59.0 cm³/mol. The molecule has 1 heterocycles. The zero-order chi connectivity index (χ0) is 11.7. The highest BCUT2D eigenvalue weighted by atomic mass is 35.5. The van der Waals surface area contributed by atoms with Gasteiger partial charge in [-0.15, -0.1) is 0 Å². The Bertz CT molecular complexity index is 609. The maximum Gasteiger partial charge on any atom is 0.177 e. The van der Waals surface area contributed by atoms with Crippen LogP contribution in [0.1, 0.15) is 11.4 Å². The molecule has 0 saturated heterocycles. The first-order chi connectivity index (χ1) is 7.67. The molecule has 16 heavy (non-hydrogen) atoms. The van der Waals surface area contributed by atoms with Crippen LogP contribution in [0.15, 0.2) is 12.1 Å². The fraction of sp³-hybridized carbons (Fsp3) is 0. The van der Waals surface area contributed by atoms with Gasteiger partial charge in [-0.1, -0.05) is 23.2 Å². The van der Waals surface area contributed by atoms with Gasteiger partial charge in [0.1, 0.15) is 23.2 Å². The molecular weight excluding hydrogens is 247 g/mol. The van der Waals surface area contributed by atoms with E-state index >= 15 is 0 Å². The van der Waals surface area contributed by atoms with Gasteiger partial charge in [0.15, 0.2) is 11.4 Å². The highest BCUT2D eigenvalue weighted by Gasteiger charge is 2.12. The molecule has 0 N–H and O–H groups in total. The first-order valence-electron chi connectivity index (χ1n) is 4.13. The van der Waals surface area contributed by atoms with Crippen LogP contribution < -0.4 is 0 Å². The van der Waals surface area contributed by atoms with Gasteiger partial charge in [-0.3, -0.25) is 0 Å². The molecule has 6 heteroatoms. The number of hydrogen-bond acceptors (Lipinski definition) is 4. The molecule has 76 valence electrons. The predicted octanol–water partition coefficient (Wildman–Crippen LogP) is 2.68. The number of nitrogens with zero attached hydrogens (tertiary/aromatic N) is 4. The van der Waals surface area contributed by atoms with Crippen molar-refractivity contribution in [3.8, 4) is 12.1 Å². The topological polar surface area (TPSA) is 73.4 Å². The highest BCUT2D eigenvalue weighted by molar-refractivity contribution is 6.39. The van der Waals surface area contributed by atoms with E-state index in [0.29, 0.717) is 21.1 Å². The molecule has 0 unspecified atom stereocenters. The van der Waals surface area contributed by atoms with E-state index in [1.807, 2.05) is 0 Å². The van der Waals surface area contributed by atoms with Gasteiger partial charge < -0.3 is 0 Å². The molecule has 0 aliphatic heterocycles. The number of hydrogen-bond donors (Lipinski definition) is 0. The molecule has 0 aliphatic carbocycles. The molecule has 0 amide bonds. The van der Waals surface area contributed by atoms with Crippen LogP contribution >= 0.6 is 23.2 Å². The molecule has 4 nitrogen and oxygen atoms in total. The van der Waals surface area contributed by atoms with Crippen LogP contribution in [0.25, 0.3) is 11.0 Å². The van der Waals surface area contributed by atoms with Crippen molar-refractivity contribution in [2.75, 3.05) is 0 Å². The van der Waals surface area contributed by atoms with Crippen molar-refractivity contribution in [1.29, 1.82) is 10.5 Å². The number of halogens is 2. The monoisotopic (exact) mass is 248 g/mol. The fourth-order valence-corrected chi connectivity index (χ4v) is 1.62. The number of nitriles is 2. The summed E-state index contributed by atoms with van der Waals surface area (Å²) >= 11 is 11.8. The van der Waals surface area contributed by atoms with Crippen molar-refractivity contribution < 1.29 is 0 Å². The molecule has 0 aliphatic rings. The average molecular weight is 249 g/mol. The Morgan fingerprint density at radius 3 is 1.56 bits per heavy atom. The second-order valence-electron chi connectivity index (χ2n) is 2.87. The minimum atomic E-state index is -0.0563. The van der Waals surface area contributed by atoms with Gasteiger partial charge in [-0.25, -0.2) is 9.97 Å². The molecule has 0 fully saturated rings. The van der Waals surface area contributed by atoms with Crippen LogP contribution in [0.3, 0.4) is 0 Å². The van der Waals surface area contributed by atoms with Crippen LogP contribution in [-0.4, -0.2) is 9.97 Å². The minimum absolute atomic E-state index is 0.0563. The number of aromatic nitrogens is 2. The Morgan fingerprint density at radius 2 is 1.25 bits per heavy atom. The summed E-state index contributed by atoms with van der Waals surface area (Å²) in [5, 5.41) is 18.3. The van der Waals surface area contributed by atoms with Crippen LogP contribution in [0.5, 0.6) is 0 Å². The second kappa shape index (κ2) is 3.94. The molecular formula is C10H2Cl2N4. The van der Waals surface area contributed by atoms with Crippen LogP contribution in [-0.2, 0) is 0 Å². The Balaban J connectivity index is 2.96. The Morgan fingerprint density at radius 1 is 0.875 bits per heavy atom. The Labute approximate surface area is 101 Å². The molecule has 2 aromatic rings. The molecule has 0 radical (unpaired) electrons. The number of fused-ring (bicyclic) bond motifs is 1. The third-order valence-corrected chi connectivity index (χ3v) is 2.55. The van der Waals surface area contributed by atoms with E-state index < -0.39 is 0 Å². The molecule has 1 aromatic heterocycles. The van der Waals surface area contributed by atoms with E-state index in [4.69, 9.17) is 33.7 Å². The maximum atomic E-state index is 8.79. The van der Waals surface area contributed by atoms with Gasteiger partial charge in [-0.2, -0.15) is 10.5 Å². The molecule has 0 spiro atoms. The van der Waals surface area contributed by atoms with Crippen molar-refractivity contribution in [3.05, 3.63) is 33.6 Å². The molecule has 0 saturated carbocycles. The van der Waals surface area contributed by atoms with E-state index in [1.165, 1.54) is 0 Å². The lowest BCUT2D eigenvalue weighted by atomic mass is 10.2. The van der Waals surface area contributed by atoms with E-state index in [9.17, 15) is 0 Å². The summed E-state index contributed by atoms with van der Waals surface area (Å²) in [6, 6.07) is 6.70. The summed E-state index contributed by atoms with van der Waals surface area (Å²) in [5.74, 6) is 0. The smallest absolute Gasteiger partial charge is 0.177 e. The standard InChI is InChI=1S/C10H2Cl2N4/c11-5-1-2-6(12)10-9(5)15-7(3-13)8(4-14)16-10/h1-2H. The lowest BCUT2D eigenvalue weighted by molar-refractivity contribution is 1.20. The largest absolute Gasteiger partial charge is 0.231 e. The molecule has 2 rings (SSSR count).